The molecule has 21 heavy (non-hydrogen) atoms. The van der Waals surface area contributed by atoms with Gasteiger partial charge in [-0.3, -0.25) is 0 Å². The van der Waals surface area contributed by atoms with Gasteiger partial charge in [0, 0.05) is 6.54 Å². The van der Waals surface area contributed by atoms with E-state index < -0.39 is 11.9 Å². The standard InChI is InChI=1S/C14H18F3N3S/c1-8-3-2-4-9(8)7-19-13-10(12(18)21)5-6-11(20-13)14(15,16)17/h5-6,8-9H,2-4,7H2,1H3,(H2,18,21)(H,19,20). The minimum atomic E-state index is -4.48. The van der Waals surface area contributed by atoms with E-state index in [9.17, 15) is 13.2 Å². The van der Waals surface area contributed by atoms with Crippen molar-refractivity contribution in [3.8, 4) is 0 Å². The molecular formula is C14H18F3N3S. The van der Waals surface area contributed by atoms with Crippen LogP contribution in [0.25, 0.3) is 0 Å². The summed E-state index contributed by atoms with van der Waals surface area (Å²) in [4.78, 5) is 3.69. The predicted molar refractivity (Wildman–Crippen MR) is 80.1 cm³/mol. The quantitative estimate of drug-likeness (QED) is 0.833. The highest BCUT2D eigenvalue weighted by Gasteiger charge is 2.33. The van der Waals surface area contributed by atoms with Crippen molar-refractivity contribution < 1.29 is 13.2 Å². The van der Waals surface area contributed by atoms with Crippen LogP contribution in [0.1, 0.15) is 37.4 Å². The lowest BCUT2D eigenvalue weighted by molar-refractivity contribution is -0.141. The van der Waals surface area contributed by atoms with E-state index in [1.807, 2.05) is 0 Å². The number of nitrogens with one attached hydrogen (secondary N) is 1. The highest BCUT2D eigenvalue weighted by Crippen LogP contribution is 2.32. The minimum Gasteiger partial charge on any atom is -0.389 e. The number of hydrogen-bond acceptors (Lipinski definition) is 3. The molecule has 0 saturated heterocycles. The molecule has 0 aromatic carbocycles. The molecule has 0 spiro atoms. The third-order valence-corrected chi connectivity index (χ3v) is 4.24. The van der Waals surface area contributed by atoms with Gasteiger partial charge in [-0.25, -0.2) is 4.98 Å². The molecule has 1 saturated carbocycles. The van der Waals surface area contributed by atoms with Gasteiger partial charge in [-0.05, 0) is 30.4 Å². The van der Waals surface area contributed by atoms with Crippen LogP contribution in [-0.4, -0.2) is 16.5 Å². The summed E-state index contributed by atoms with van der Waals surface area (Å²) in [6, 6.07) is 2.18. The molecule has 1 fully saturated rings. The van der Waals surface area contributed by atoms with Gasteiger partial charge in [-0.15, -0.1) is 0 Å². The van der Waals surface area contributed by atoms with Gasteiger partial charge in [0.1, 0.15) is 16.5 Å². The predicted octanol–water partition coefficient (Wildman–Crippen LogP) is 3.58. The Morgan fingerprint density at radius 1 is 1.43 bits per heavy atom. The van der Waals surface area contributed by atoms with E-state index in [1.54, 1.807) is 0 Å². The van der Waals surface area contributed by atoms with E-state index in [1.165, 1.54) is 6.07 Å². The number of halogens is 3. The zero-order valence-electron chi connectivity index (χ0n) is 11.7. The number of alkyl halides is 3. The third-order valence-electron chi connectivity index (χ3n) is 4.02. The van der Waals surface area contributed by atoms with E-state index in [0.29, 0.717) is 23.9 Å². The molecule has 0 radical (unpaired) electrons. The Kier molecular flexibility index (Phi) is 4.70. The van der Waals surface area contributed by atoms with E-state index in [0.717, 1.165) is 25.3 Å². The van der Waals surface area contributed by atoms with Crippen molar-refractivity contribution in [2.75, 3.05) is 11.9 Å². The summed E-state index contributed by atoms with van der Waals surface area (Å²) in [5, 5.41) is 3.00. The molecule has 0 aliphatic heterocycles. The fraction of sp³-hybridized carbons (Fsp3) is 0.571. The first-order chi connectivity index (χ1) is 9.79. The zero-order chi connectivity index (χ0) is 15.6. The zero-order valence-corrected chi connectivity index (χ0v) is 12.5. The molecule has 0 amide bonds. The van der Waals surface area contributed by atoms with Crippen LogP contribution in [0.4, 0.5) is 19.0 Å². The molecule has 1 aromatic rings. The molecule has 2 unspecified atom stereocenters. The number of aromatic nitrogens is 1. The van der Waals surface area contributed by atoms with Gasteiger partial charge >= 0.3 is 6.18 Å². The van der Waals surface area contributed by atoms with Crippen LogP contribution in [0.2, 0.25) is 0 Å². The van der Waals surface area contributed by atoms with Gasteiger partial charge in [0.2, 0.25) is 0 Å². The number of anilines is 1. The van der Waals surface area contributed by atoms with Crippen LogP contribution in [-0.2, 0) is 6.18 Å². The van der Waals surface area contributed by atoms with E-state index >= 15 is 0 Å². The lowest BCUT2D eigenvalue weighted by atomic mass is 9.98. The van der Waals surface area contributed by atoms with Crippen LogP contribution in [0.5, 0.6) is 0 Å². The molecule has 1 aromatic heterocycles. The van der Waals surface area contributed by atoms with Crippen molar-refractivity contribution in [1.29, 1.82) is 0 Å². The fourth-order valence-electron chi connectivity index (χ4n) is 2.70. The first kappa shape index (κ1) is 16.0. The lowest BCUT2D eigenvalue weighted by Gasteiger charge is -2.18. The maximum absolute atomic E-state index is 12.7. The van der Waals surface area contributed by atoms with E-state index in [-0.39, 0.29) is 10.8 Å². The Hall–Kier alpha value is -1.37. The molecule has 0 bridgehead atoms. The number of nitrogens with zero attached hydrogens (tertiary/aromatic N) is 1. The summed E-state index contributed by atoms with van der Waals surface area (Å²) in [6.45, 7) is 2.75. The smallest absolute Gasteiger partial charge is 0.389 e. The first-order valence-corrected chi connectivity index (χ1v) is 7.31. The van der Waals surface area contributed by atoms with Crippen LogP contribution in [0.15, 0.2) is 12.1 Å². The van der Waals surface area contributed by atoms with E-state index in [4.69, 9.17) is 18.0 Å². The molecule has 116 valence electrons. The Labute approximate surface area is 127 Å². The Morgan fingerprint density at radius 2 is 2.14 bits per heavy atom. The normalized spacial score (nSPS) is 22.3. The summed E-state index contributed by atoms with van der Waals surface area (Å²) in [5.41, 5.74) is 4.97. The summed E-state index contributed by atoms with van der Waals surface area (Å²) >= 11 is 4.87. The molecule has 2 atom stereocenters. The number of nitrogens with two attached hydrogens (primary N) is 1. The fourth-order valence-corrected chi connectivity index (χ4v) is 2.87. The molecule has 1 heterocycles. The van der Waals surface area contributed by atoms with Gasteiger partial charge in [0.25, 0.3) is 0 Å². The van der Waals surface area contributed by atoms with Gasteiger partial charge in [-0.2, -0.15) is 13.2 Å². The van der Waals surface area contributed by atoms with Crippen molar-refractivity contribution >= 4 is 23.0 Å². The average Bonchev–Trinajstić information content (AvgIpc) is 2.80. The van der Waals surface area contributed by atoms with Crippen LogP contribution < -0.4 is 11.1 Å². The second-order valence-corrected chi connectivity index (χ2v) is 5.94. The highest BCUT2D eigenvalue weighted by atomic mass is 32.1. The summed E-state index contributed by atoms with van der Waals surface area (Å²) in [5.74, 6) is 1.13. The first-order valence-electron chi connectivity index (χ1n) is 6.91. The van der Waals surface area contributed by atoms with E-state index in [2.05, 4.69) is 17.2 Å². The van der Waals surface area contributed by atoms with Crippen LogP contribution in [0, 0.1) is 11.8 Å². The van der Waals surface area contributed by atoms with Crippen molar-refractivity contribution in [3.05, 3.63) is 23.4 Å². The molecule has 1 aliphatic rings. The van der Waals surface area contributed by atoms with Gasteiger partial charge in [0.05, 0.1) is 5.56 Å². The highest BCUT2D eigenvalue weighted by molar-refractivity contribution is 7.80. The molecule has 3 N–H and O–H groups in total. The number of thiocarbonyl (C=S) groups is 1. The molecule has 7 heteroatoms. The SMILES string of the molecule is CC1CCCC1CNc1nc(C(F)(F)F)ccc1C(N)=S. The summed E-state index contributed by atoms with van der Waals surface area (Å²) in [6.07, 6.45) is -1.09. The Balaban J connectivity index is 2.20. The summed E-state index contributed by atoms with van der Waals surface area (Å²) in [7, 11) is 0. The average molecular weight is 317 g/mol. The molecule has 2 rings (SSSR count). The third kappa shape index (κ3) is 3.84. The largest absolute Gasteiger partial charge is 0.433 e. The molecular weight excluding hydrogens is 299 g/mol. The molecule has 3 nitrogen and oxygen atoms in total. The Morgan fingerprint density at radius 3 is 2.67 bits per heavy atom. The number of hydrogen-bond donors (Lipinski definition) is 2. The monoisotopic (exact) mass is 317 g/mol. The van der Waals surface area contributed by atoms with Crippen LogP contribution in [0.3, 0.4) is 0 Å². The molecule has 1 aliphatic carbocycles. The second-order valence-electron chi connectivity index (χ2n) is 5.50. The van der Waals surface area contributed by atoms with Crippen molar-refractivity contribution in [3.63, 3.8) is 0 Å². The van der Waals surface area contributed by atoms with Gasteiger partial charge in [-0.1, -0.05) is 32.0 Å². The van der Waals surface area contributed by atoms with Crippen molar-refractivity contribution in [2.24, 2.45) is 17.6 Å². The second kappa shape index (κ2) is 6.17. The van der Waals surface area contributed by atoms with Crippen LogP contribution >= 0.6 is 12.2 Å². The minimum absolute atomic E-state index is 0.0400. The summed E-state index contributed by atoms with van der Waals surface area (Å²) < 4.78 is 38.2. The lowest BCUT2D eigenvalue weighted by Crippen LogP contribution is -2.21. The number of rotatable bonds is 4. The van der Waals surface area contributed by atoms with Crippen molar-refractivity contribution in [2.45, 2.75) is 32.4 Å². The maximum atomic E-state index is 12.7. The topological polar surface area (TPSA) is 50.9 Å². The Bertz CT molecular complexity index is 531. The van der Waals surface area contributed by atoms with Gasteiger partial charge < -0.3 is 11.1 Å². The van der Waals surface area contributed by atoms with Gasteiger partial charge in [0.15, 0.2) is 0 Å². The number of pyridine rings is 1. The maximum Gasteiger partial charge on any atom is 0.433 e. The van der Waals surface area contributed by atoms with Crippen molar-refractivity contribution in [1.82, 2.24) is 4.98 Å².